The van der Waals surface area contributed by atoms with E-state index in [0.29, 0.717) is 12.5 Å². The summed E-state index contributed by atoms with van der Waals surface area (Å²) in [5.41, 5.74) is 1.97. The van der Waals surface area contributed by atoms with Crippen LogP contribution in [0.4, 0.5) is 0 Å². The van der Waals surface area contributed by atoms with Gasteiger partial charge in [-0.1, -0.05) is 13.8 Å². The molecule has 6 nitrogen and oxygen atoms in total. The zero-order chi connectivity index (χ0) is 16.6. The number of rotatable bonds is 3. The second kappa shape index (κ2) is 6.18. The van der Waals surface area contributed by atoms with Crippen LogP contribution < -0.4 is 0 Å². The number of aromatic nitrogens is 4. The Morgan fingerprint density at radius 3 is 2.78 bits per heavy atom. The fourth-order valence-corrected chi connectivity index (χ4v) is 3.46. The van der Waals surface area contributed by atoms with Gasteiger partial charge in [0.05, 0.1) is 11.7 Å². The minimum absolute atomic E-state index is 0.0250. The summed E-state index contributed by atoms with van der Waals surface area (Å²) in [5, 5.41) is 4.42. The molecule has 1 aliphatic rings. The molecular weight excluding hydrogens is 290 g/mol. The molecular formula is C17H25N5O. The summed E-state index contributed by atoms with van der Waals surface area (Å²) in [6, 6.07) is 2.03. The standard InChI is InChI=1S/C17H25N5O/c1-12(2)16-17-18-6-9-20(17)7-5-8-21(16)15(23)11-22-14(4)10-13(3)19-22/h6,9-10,12,16H,5,7-8,11H2,1-4H3. The minimum atomic E-state index is 0.0250. The Kier molecular flexibility index (Phi) is 4.24. The molecule has 124 valence electrons. The maximum absolute atomic E-state index is 13.0. The molecule has 0 saturated carbocycles. The number of hydrogen-bond donors (Lipinski definition) is 0. The molecule has 1 unspecified atom stereocenters. The predicted molar refractivity (Wildman–Crippen MR) is 87.8 cm³/mol. The van der Waals surface area contributed by atoms with Crippen molar-refractivity contribution in [3.8, 4) is 0 Å². The highest BCUT2D eigenvalue weighted by molar-refractivity contribution is 5.76. The van der Waals surface area contributed by atoms with Crippen LogP contribution in [0.5, 0.6) is 0 Å². The Morgan fingerprint density at radius 2 is 2.13 bits per heavy atom. The molecule has 6 heteroatoms. The average molecular weight is 315 g/mol. The van der Waals surface area contributed by atoms with Crippen LogP contribution in [0.25, 0.3) is 0 Å². The number of carbonyl (C=O) groups excluding carboxylic acids is 1. The summed E-state index contributed by atoms with van der Waals surface area (Å²) in [5.74, 6) is 1.43. The largest absolute Gasteiger partial charge is 0.333 e. The summed E-state index contributed by atoms with van der Waals surface area (Å²) in [4.78, 5) is 19.5. The van der Waals surface area contributed by atoms with Crippen LogP contribution >= 0.6 is 0 Å². The molecule has 0 radical (unpaired) electrons. The van der Waals surface area contributed by atoms with E-state index in [1.165, 1.54) is 0 Å². The summed E-state index contributed by atoms with van der Waals surface area (Å²) < 4.78 is 3.98. The predicted octanol–water partition coefficient (Wildman–Crippen LogP) is 2.33. The van der Waals surface area contributed by atoms with Crippen molar-refractivity contribution >= 4 is 5.91 Å². The first kappa shape index (κ1) is 15.8. The molecule has 3 heterocycles. The first-order valence-corrected chi connectivity index (χ1v) is 8.29. The Balaban J connectivity index is 1.87. The van der Waals surface area contributed by atoms with Gasteiger partial charge in [-0.05, 0) is 32.3 Å². The molecule has 1 aliphatic heterocycles. The second-order valence-electron chi connectivity index (χ2n) is 6.69. The summed E-state index contributed by atoms with van der Waals surface area (Å²) in [7, 11) is 0. The van der Waals surface area contributed by atoms with Gasteiger partial charge < -0.3 is 9.47 Å². The Labute approximate surface area is 137 Å². The van der Waals surface area contributed by atoms with Crippen LogP contribution in [0.1, 0.15) is 43.5 Å². The molecule has 23 heavy (non-hydrogen) atoms. The lowest BCUT2D eigenvalue weighted by molar-refractivity contribution is -0.135. The van der Waals surface area contributed by atoms with Gasteiger partial charge in [-0.3, -0.25) is 9.48 Å². The van der Waals surface area contributed by atoms with Crippen molar-refractivity contribution in [2.45, 2.75) is 53.2 Å². The second-order valence-corrected chi connectivity index (χ2v) is 6.69. The van der Waals surface area contributed by atoms with Gasteiger partial charge in [-0.2, -0.15) is 5.10 Å². The number of fused-ring (bicyclic) bond motifs is 1. The lowest BCUT2D eigenvalue weighted by Gasteiger charge is -2.32. The summed E-state index contributed by atoms with van der Waals surface area (Å²) >= 11 is 0. The van der Waals surface area contributed by atoms with Gasteiger partial charge in [0.2, 0.25) is 5.91 Å². The highest BCUT2D eigenvalue weighted by Gasteiger charge is 2.32. The molecule has 1 amide bonds. The third kappa shape index (κ3) is 3.02. The van der Waals surface area contributed by atoms with Crippen molar-refractivity contribution in [1.29, 1.82) is 0 Å². The summed E-state index contributed by atoms with van der Waals surface area (Å²) in [6.45, 7) is 10.2. The van der Waals surface area contributed by atoms with E-state index in [1.54, 1.807) is 4.68 Å². The molecule has 3 rings (SSSR count). The van der Waals surface area contributed by atoms with Crippen molar-refractivity contribution < 1.29 is 4.79 Å². The Bertz CT molecular complexity index is 700. The van der Waals surface area contributed by atoms with Crippen molar-refractivity contribution in [3.63, 3.8) is 0 Å². The molecule has 0 aromatic carbocycles. The van der Waals surface area contributed by atoms with Gasteiger partial charge in [0.1, 0.15) is 12.4 Å². The van der Waals surface area contributed by atoms with E-state index in [1.807, 2.05) is 37.2 Å². The van der Waals surface area contributed by atoms with E-state index in [2.05, 4.69) is 28.5 Å². The molecule has 0 spiro atoms. The first-order chi connectivity index (χ1) is 11.0. The molecule has 0 fully saturated rings. The van der Waals surface area contributed by atoms with Gasteiger partial charge in [-0.25, -0.2) is 4.98 Å². The van der Waals surface area contributed by atoms with Gasteiger partial charge in [0, 0.05) is 31.2 Å². The van der Waals surface area contributed by atoms with Crippen LogP contribution in [-0.2, 0) is 17.9 Å². The van der Waals surface area contributed by atoms with Crippen molar-refractivity contribution in [1.82, 2.24) is 24.2 Å². The maximum atomic E-state index is 13.0. The Morgan fingerprint density at radius 1 is 1.35 bits per heavy atom. The molecule has 0 bridgehead atoms. The monoisotopic (exact) mass is 315 g/mol. The number of aryl methyl sites for hydroxylation is 3. The fraction of sp³-hybridized carbons (Fsp3) is 0.588. The van der Waals surface area contributed by atoms with E-state index in [0.717, 1.165) is 36.7 Å². The van der Waals surface area contributed by atoms with Crippen LogP contribution in [0.15, 0.2) is 18.5 Å². The van der Waals surface area contributed by atoms with Crippen molar-refractivity contribution in [2.75, 3.05) is 6.54 Å². The SMILES string of the molecule is Cc1cc(C)n(CC(=O)N2CCCn3ccnc3C2C(C)C)n1. The van der Waals surface area contributed by atoms with Crippen LogP contribution in [0.3, 0.4) is 0 Å². The number of carbonyl (C=O) groups is 1. The van der Waals surface area contributed by atoms with Gasteiger partial charge in [-0.15, -0.1) is 0 Å². The average Bonchev–Trinajstić information content (AvgIpc) is 2.99. The molecule has 2 aromatic rings. The van der Waals surface area contributed by atoms with Crippen molar-refractivity contribution in [3.05, 3.63) is 35.7 Å². The normalized spacial score (nSPS) is 18.1. The summed E-state index contributed by atoms with van der Waals surface area (Å²) in [6.07, 6.45) is 4.80. The first-order valence-electron chi connectivity index (χ1n) is 8.29. The van der Waals surface area contributed by atoms with Crippen LogP contribution in [-0.4, -0.2) is 36.7 Å². The quantitative estimate of drug-likeness (QED) is 0.873. The highest BCUT2D eigenvalue weighted by atomic mass is 16.2. The Hall–Kier alpha value is -2.11. The molecule has 0 N–H and O–H groups in total. The van der Waals surface area contributed by atoms with E-state index < -0.39 is 0 Å². The zero-order valence-electron chi connectivity index (χ0n) is 14.4. The topological polar surface area (TPSA) is 56.0 Å². The number of amides is 1. The molecule has 0 aliphatic carbocycles. The molecule has 2 aromatic heterocycles. The maximum Gasteiger partial charge on any atom is 0.244 e. The number of nitrogens with zero attached hydrogens (tertiary/aromatic N) is 5. The van der Waals surface area contributed by atoms with Crippen LogP contribution in [0.2, 0.25) is 0 Å². The fourth-order valence-electron chi connectivity index (χ4n) is 3.46. The molecule has 0 saturated heterocycles. The number of hydrogen-bond acceptors (Lipinski definition) is 3. The minimum Gasteiger partial charge on any atom is -0.333 e. The van der Waals surface area contributed by atoms with Gasteiger partial charge >= 0.3 is 0 Å². The molecule has 1 atom stereocenters. The lowest BCUT2D eigenvalue weighted by atomic mass is 10.0. The van der Waals surface area contributed by atoms with E-state index in [4.69, 9.17) is 0 Å². The zero-order valence-corrected chi connectivity index (χ0v) is 14.4. The number of imidazole rings is 1. The van der Waals surface area contributed by atoms with E-state index >= 15 is 0 Å². The lowest BCUT2D eigenvalue weighted by Crippen LogP contribution is -2.40. The van der Waals surface area contributed by atoms with Crippen LogP contribution in [0, 0.1) is 19.8 Å². The third-order valence-electron chi connectivity index (χ3n) is 4.49. The highest BCUT2D eigenvalue weighted by Crippen LogP contribution is 2.30. The van der Waals surface area contributed by atoms with E-state index in [9.17, 15) is 4.79 Å². The third-order valence-corrected chi connectivity index (χ3v) is 4.49. The van der Waals surface area contributed by atoms with Crippen molar-refractivity contribution in [2.24, 2.45) is 5.92 Å². The van der Waals surface area contributed by atoms with E-state index in [-0.39, 0.29) is 11.9 Å². The smallest absolute Gasteiger partial charge is 0.244 e. The van der Waals surface area contributed by atoms with Gasteiger partial charge in [0.25, 0.3) is 0 Å². The van der Waals surface area contributed by atoms with Gasteiger partial charge in [0.15, 0.2) is 0 Å².